The average molecular weight is 225 g/mol. The summed E-state index contributed by atoms with van der Waals surface area (Å²) in [5, 5.41) is 13.5. The molecule has 1 atom stereocenters. The van der Waals surface area contributed by atoms with Crippen LogP contribution in [0.1, 0.15) is 12.6 Å². The highest BCUT2D eigenvalue weighted by atomic mass is 32.1. The zero-order chi connectivity index (χ0) is 10.8. The van der Waals surface area contributed by atoms with E-state index in [4.69, 9.17) is 5.11 Å². The standard InChI is InChI=1S/C9H11N3O2S/c1-6(8(13)14)10-4-7-5-12-2-3-15-9(12)11-7/h2-3,5-6,10H,4H2,1H3,(H,13,14)/t6-/m1/s1. The molecule has 2 N–H and O–H groups in total. The van der Waals surface area contributed by atoms with E-state index in [-0.39, 0.29) is 0 Å². The molecule has 0 unspecified atom stereocenters. The molecule has 0 aromatic carbocycles. The zero-order valence-electron chi connectivity index (χ0n) is 8.17. The Morgan fingerprint density at radius 1 is 1.80 bits per heavy atom. The molecule has 2 aromatic heterocycles. The summed E-state index contributed by atoms with van der Waals surface area (Å²) in [4.78, 5) is 15.8. The van der Waals surface area contributed by atoms with E-state index >= 15 is 0 Å². The first-order valence-electron chi connectivity index (χ1n) is 4.54. The molecule has 0 aliphatic rings. The molecule has 80 valence electrons. The van der Waals surface area contributed by atoms with Crippen molar-refractivity contribution in [3.05, 3.63) is 23.5 Å². The van der Waals surface area contributed by atoms with E-state index in [0.717, 1.165) is 10.7 Å². The van der Waals surface area contributed by atoms with Gasteiger partial charge in [-0.3, -0.25) is 14.5 Å². The molecule has 2 rings (SSSR count). The molecule has 2 aromatic rings. The Kier molecular flexibility index (Phi) is 2.70. The van der Waals surface area contributed by atoms with Crippen molar-refractivity contribution in [2.75, 3.05) is 0 Å². The molecule has 0 radical (unpaired) electrons. The fourth-order valence-corrected chi connectivity index (χ4v) is 1.93. The monoisotopic (exact) mass is 225 g/mol. The van der Waals surface area contributed by atoms with Gasteiger partial charge >= 0.3 is 5.97 Å². The number of hydrogen-bond acceptors (Lipinski definition) is 4. The third-order valence-electron chi connectivity index (χ3n) is 2.10. The SMILES string of the molecule is C[C@@H](NCc1cn2ccsc2n1)C(=O)O. The first kappa shape index (κ1) is 10.1. The molecule has 0 amide bonds. The number of nitrogens with one attached hydrogen (secondary N) is 1. The van der Waals surface area contributed by atoms with Gasteiger partial charge in [0.2, 0.25) is 0 Å². The van der Waals surface area contributed by atoms with Crippen LogP contribution in [0, 0.1) is 0 Å². The molecule has 0 bridgehead atoms. The van der Waals surface area contributed by atoms with E-state index in [1.54, 1.807) is 18.3 Å². The smallest absolute Gasteiger partial charge is 0.320 e. The van der Waals surface area contributed by atoms with Crippen molar-refractivity contribution in [2.45, 2.75) is 19.5 Å². The fraction of sp³-hybridized carbons (Fsp3) is 0.333. The van der Waals surface area contributed by atoms with Crippen molar-refractivity contribution in [2.24, 2.45) is 0 Å². The second kappa shape index (κ2) is 4.00. The predicted molar refractivity (Wildman–Crippen MR) is 57.0 cm³/mol. The number of nitrogens with zero attached hydrogens (tertiary/aromatic N) is 2. The van der Waals surface area contributed by atoms with Crippen molar-refractivity contribution in [3.8, 4) is 0 Å². The second-order valence-corrected chi connectivity index (χ2v) is 4.14. The third-order valence-corrected chi connectivity index (χ3v) is 2.87. The van der Waals surface area contributed by atoms with E-state index in [0.29, 0.717) is 6.54 Å². The number of carbonyl (C=O) groups is 1. The lowest BCUT2D eigenvalue weighted by Gasteiger charge is -2.06. The van der Waals surface area contributed by atoms with Gasteiger partial charge < -0.3 is 5.11 Å². The van der Waals surface area contributed by atoms with Crippen LogP contribution in [0.15, 0.2) is 17.8 Å². The zero-order valence-corrected chi connectivity index (χ0v) is 8.99. The van der Waals surface area contributed by atoms with Crippen LogP contribution in [0.25, 0.3) is 4.96 Å². The van der Waals surface area contributed by atoms with Crippen LogP contribution in [-0.4, -0.2) is 26.5 Å². The molecule has 6 heteroatoms. The van der Waals surface area contributed by atoms with Crippen LogP contribution in [0.5, 0.6) is 0 Å². The van der Waals surface area contributed by atoms with Gasteiger partial charge in [-0.1, -0.05) is 0 Å². The van der Waals surface area contributed by atoms with Crippen LogP contribution in [0.3, 0.4) is 0 Å². The van der Waals surface area contributed by atoms with Crippen LogP contribution < -0.4 is 5.32 Å². The van der Waals surface area contributed by atoms with Gasteiger partial charge in [-0.2, -0.15) is 0 Å². The van der Waals surface area contributed by atoms with Gasteiger partial charge in [0, 0.05) is 24.3 Å². The highest BCUT2D eigenvalue weighted by molar-refractivity contribution is 7.15. The minimum absolute atomic E-state index is 0.474. The van der Waals surface area contributed by atoms with Gasteiger partial charge in [0.1, 0.15) is 6.04 Å². The van der Waals surface area contributed by atoms with Gasteiger partial charge in [0.05, 0.1) is 5.69 Å². The number of rotatable bonds is 4. The van der Waals surface area contributed by atoms with E-state index in [1.165, 1.54) is 0 Å². The molecular weight excluding hydrogens is 214 g/mol. The summed E-state index contributed by atoms with van der Waals surface area (Å²) in [5.74, 6) is -0.851. The quantitative estimate of drug-likeness (QED) is 0.813. The molecule has 0 saturated carbocycles. The summed E-state index contributed by atoms with van der Waals surface area (Å²) in [7, 11) is 0. The second-order valence-electron chi connectivity index (χ2n) is 3.27. The van der Waals surface area contributed by atoms with Gasteiger partial charge in [-0.25, -0.2) is 4.98 Å². The summed E-state index contributed by atoms with van der Waals surface area (Å²) >= 11 is 1.56. The molecule has 2 heterocycles. The molecule has 5 nitrogen and oxygen atoms in total. The first-order chi connectivity index (χ1) is 7.16. The Balaban J connectivity index is 2.01. The van der Waals surface area contributed by atoms with E-state index < -0.39 is 12.0 Å². The first-order valence-corrected chi connectivity index (χ1v) is 5.42. The number of aromatic nitrogens is 2. The maximum Gasteiger partial charge on any atom is 0.320 e. The molecule has 0 saturated heterocycles. The minimum atomic E-state index is -0.851. The molecule has 0 aliphatic heterocycles. The normalized spacial score (nSPS) is 13.1. The molecule has 0 fully saturated rings. The van der Waals surface area contributed by atoms with Crippen LogP contribution >= 0.6 is 11.3 Å². The highest BCUT2D eigenvalue weighted by Gasteiger charge is 2.10. The van der Waals surface area contributed by atoms with Crippen LogP contribution in [0.4, 0.5) is 0 Å². The van der Waals surface area contributed by atoms with E-state index in [9.17, 15) is 4.79 Å². The maximum atomic E-state index is 10.6. The Bertz CT molecular complexity index is 448. The largest absolute Gasteiger partial charge is 0.480 e. The van der Waals surface area contributed by atoms with Crippen LogP contribution in [0.2, 0.25) is 0 Å². The number of thiazole rings is 1. The van der Waals surface area contributed by atoms with E-state index in [1.807, 2.05) is 22.2 Å². The van der Waals surface area contributed by atoms with Gasteiger partial charge in [0.25, 0.3) is 0 Å². The summed E-state index contributed by atoms with van der Waals surface area (Å²) in [6.45, 7) is 2.09. The lowest BCUT2D eigenvalue weighted by molar-refractivity contribution is -0.139. The number of carboxylic acid groups (broad SMARTS) is 1. The lowest BCUT2D eigenvalue weighted by Crippen LogP contribution is -2.33. The number of fused-ring (bicyclic) bond motifs is 1. The van der Waals surface area contributed by atoms with Crippen LogP contribution in [-0.2, 0) is 11.3 Å². The number of carboxylic acids is 1. The van der Waals surface area contributed by atoms with Crippen molar-refractivity contribution in [3.63, 3.8) is 0 Å². The number of aliphatic carboxylic acids is 1. The van der Waals surface area contributed by atoms with Crippen molar-refractivity contribution in [1.82, 2.24) is 14.7 Å². The number of imidazole rings is 1. The Morgan fingerprint density at radius 2 is 2.60 bits per heavy atom. The van der Waals surface area contributed by atoms with Gasteiger partial charge in [-0.05, 0) is 6.92 Å². The molecule has 15 heavy (non-hydrogen) atoms. The summed E-state index contributed by atoms with van der Waals surface area (Å²) < 4.78 is 1.92. The Labute approximate surface area is 90.4 Å². The molecule has 0 spiro atoms. The van der Waals surface area contributed by atoms with Crippen molar-refractivity contribution < 1.29 is 9.90 Å². The van der Waals surface area contributed by atoms with Crippen molar-refractivity contribution in [1.29, 1.82) is 0 Å². The summed E-state index contributed by atoms with van der Waals surface area (Å²) in [6, 6.07) is -0.551. The lowest BCUT2D eigenvalue weighted by atomic mass is 10.3. The van der Waals surface area contributed by atoms with Crippen molar-refractivity contribution >= 4 is 22.3 Å². The maximum absolute atomic E-state index is 10.6. The summed E-state index contributed by atoms with van der Waals surface area (Å²) in [5.41, 5.74) is 0.856. The average Bonchev–Trinajstić information content (AvgIpc) is 2.72. The Morgan fingerprint density at radius 3 is 3.27 bits per heavy atom. The third kappa shape index (κ3) is 2.16. The minimum Gasteiger partial charge on any atom is -0.480 e. The highest BCUT2D eigenvalue weighted by Crippen LogP contribution is 2.11. The van der Waals surface area contributed by atoms with Gasteiger partial charge in [0.15, 0.2) is 4.96 Å². The summed E-state index contributed by atoms with van der Waals surface area (Å²) in [6.07, 6.45) is 3.82. The van der Waals surface area contributed by atoms with Gasteiger partial charge in [-0.15, -0.1) is 11.3 Å². The Hall–Kier alpha value is -1.40. The predicted octanol–water partition coefficient (Wildman–Crippen LogP) is 0.959. The fourth-order valence-electron chi connectivity index (χ4n) is 1.21. The number of hydrogen-bond donors (Lipinski definition) is 2. The molecule has 0 aliphatic carbocycles. The topological polar surface area (TPSA) is 66.6 Å². The van der Waals surface area contributed by atoms with E-state index in [2.05, 4.69) is 10.3 Å². The molecular formula is C9H11N3O2S.